The van der Waals surface area contributed by atoms with Crippen LogP contribution in [0.25, 0.3) is 0 Å². The number of hydrogen-bond acceptors (Lipinski definition) is 7. The van der Waals surface area contributed by atoms with Crippen LogP contribution in [-0.2, 0) is 19.1 Å². The summed E-state index contributed by atoms with van der Waals surface area (Å²) in [6.07, 6.45) is 0. The standard InChI is InChI=1S/C24H19BrCl3N3O5S/c1-3-36-21-15(27)6-11(7-16(21)28)19-13(9-29)23(31-22(33)20(19)24(34)35-2)37-10-18(32)30-17-5-4-12(25)8-14(17)26/h4-8,19-20H,3,10H2,1-2H3,(H,30,32)(H,31,33)/t19-,20-/m1/s1. The number of carbonyl (C=O) groups excluding carboxylic acids is 3. The molecule has 0 saturated heterocycles. The minimum Gasteiger partial charge on any atom is -0.491 e. The van der Waals surface area contributed by atoms with Crippen LogP contribution >= 0.6 is 62.5 Å². The summed E-state index contributed by atoms with van der Waals surface area (Å²) >= 11 is 23.1. The average Bonchev–Trinajstić information content (AvgIpc) is 2.85. The molecular weight excluding hydrogens is 629 g/mol. The molecule has 2 aromatic carbocycles. The highest BCUT2D eigenvalue weighted by atomic mass is 79.9. The SMILES string of the molecule is CCOc1c(Cl)cc([C@@H]2C(C#N)=C(SCC(=O)Nc3ccc(Br)cc3Cl)NC(=O)[C@@H]2C(=O)OC)cc1Cl. The lowest BCUT2D eigenvalue weighted by Crippen LogP contribution is -2.44. The van der Waals surface area contributed by atoms with Crippen LogP contribution in [0.4, 0.5) is 5.69 Å². The van der Waals surface area contributed by atoms with E-state index in [-0.39, 0.29) is 32.1 Å². The van der Waals surface area contributed by atoms with Gasteiger partial charge in [0.2, 0.25) is 11.8 Å². The molecule has 13 heteroatoms. The van der Waals surface area contributed by atoms with E-state index >= 15 is 0 Å². The number of amides is 2. The van der Waals surface area contributed by atoms with Crippen LogP contribution in [0.1, 0.15) is 18.4 Å². The van der Waals surface area contributed by atoms with E-state index in [4.69, 9.17) is 44.3 Å². The molecule has 0 radical (unpaired) electrons. The maximum atomic E-state index is 13.0. The molecule has 2 atom stereocenters. The molecule has 0 saturated carbocycles. The van der Waals surface area contributed by atoms with Crippen molar-refractivity contribution in [3.8, 4) is 11.8 Å². The number of nitrogens with one attached hydrogen (secondary N) is 2. The Morgan fingerprint density at radius 3 is 2.43 bits per heavy atom. The molecule has 0 spiro atoms. The Bertz CT molecular complexity index is 1310. The second-order valence-corrected chi connectivity index (χ2v) is 10.7. The highest BCUT2D eigenvalue weighted by molar-refractivity contribution is 9.10. The highest BCUT2D eigenvalue weighted by Crippen LogP contribution is 2.44. The van der Waals surface area contributed by atoms with Crippen molar-refractivity contribution in [2.75, 3.05) is 24.8 Å². The fourth-order valence-corrected chi connectivity index (χ4v) is 5.82. The first-order chi connectivity index (χ1) is 17.6. The van der Waals surface area contributed by atoms with E-state index in [1.54, 1.807) is 25.1 Å². The number of nitriles is 1. The Morgan fingerprint density at radius 1 is 1.19 bits per heavy atom. The van der Waals surface area contributed by atoms with Gasteiger partial charge in [-0.15, -0.1) is 0 Å². The number of carbonyl (C=O) groups is 3. The molecule has 0 aromatic heterocycles. The summed E-state index contributed by atoms with van der Waals surface area (Å²) in [6.45, 7) is 2.08. The molecule has 1 heterocycles. The summed E-state index contributed by atoms with van der Waals surface area (Å²) in [4.78, 5) is 38.2. The minimum absolute atomic E-state index is 0.0470. The Kier molecular flexibility index (Phi) is 10.2. The zero-order chi connectivity index (χ0) is 27.3. The molecule has 1 aliphatic heterocycles. The van der Waals surface area contributed by atoms with Crippen LogP contribution in [0, 0.1) is 17.2 Å². The highest BCUT2D eigenvalue weighted by Gasteiger charge is 2.44. The van der Waals surface area contributed by atoms with Crippen molar-refractivity contribution in [3.05, 3.63) is 66.0 Å². The monoisotopic (exact) mass is 645 g/mol. The Morgan fingerprint density at radius 2 is 1.86 bits per heavy atom. The fourth-order valence-electron chi connectivity index (χ4n) is 3.64. The van der Waals surface area contributed by atoms with Crippen molar-refractivity contribution in [2.45, 2.75) is 12.8 Å². The maximum Gasteiger partial charge on any atom is 0.319 e. The topological polar surface area (TPSA) is 118 Å². The van der Waals surface area contributed by atoms with Gasteiger partial charge >= 0.3 is 5.97 Å². The van der Waals surface area contributed by atoms with E-state index in [0.29, 0.717) is 22.9 Å². The molecular formula is C24H19BrCl3N3O5S. The zero-order valence-electron chi connectivity index (χ0n) is 19.4. The molecule has 0 unspecified atom stereocenters. The smallest absolute Gasteiger partial charge is 0.319 e. The lowest BCUT2D eigenvalue weighted by atomic mass is 9.78. The van der Waals surface area contributed by atoms with Gasteiger partial charge in [-0.1, -0.05) is 62.5 Å². The van der Waals surface area contributed by atoms with Gasteiger partial charge in [0.1, 0.15) is 5.92 Å². The quantitative estimate of drug-likeness (QED) is 0.270. The fraction of sp³-hybridized carbons (Fsp3) is 0.250. The largest absolute Gasteiger partial charge is 0.491 e. The number of allylic oxidation sites excluding steroid dienone is 1. The number of hydrogen-bond donors (Lipinski definition) is 2. The van der Waals surface area contributed by atoms with E-state index < -0.39 is 29.6 Å². The number of nitrogens with zero attached hydrogens (tertiary/aromatic N) is 1. The van der Waals surface area contributed by atoms with E-state index in [0.717, 1.165) is 23.3 Å². The van der Waals surface area contributed by atoms with Gasteiger partial charge < -0.3 is 20.1 Å². The number of anilines is 1. The number of thioether (sulfide) groups is 1. The van der Waals surface area contributed by atoms with Crippen molar-refractivity contribution >= 4 is 86.0 Å². The number of methoxy groups -OCH3 is 1. The first-order valence-corrected chi connectivity index (χ1v) is 13.5. The first-order valence-electron chi connectivity index (χ1n) is 10.6. The number of esters is 1. The van der Waals surface area contributed by atoms with E-state index in [9.17, 15) is 19.6 Å². The van der Waals surface area contributed by atoms with Crippen molar-refractivity contribution < 1.29 is 23.9 Å². The molecule has 3 rings (SSSR count). The summed E-state index contributed by atoms with van der Waals surface area (Å²) in [5.41, 5.74) is 0.787. The predicted molar refractivity (Wildman–Crippen MR) is 147 cm³/mol. The van der Waals surface area contributed by atoms with Crippen molar-refractivity contribution in [2.24, 2.45) is 5.92 Å². The van der Waals surface area contributed by atoms with Gasteiger partial charge in [0.05, 0.1) is 56.9 Å². The van der Waals surface area contributed by atoms with E-state index in [1.807, 2.05) is 0 Å². The van der Waals surface area contributed by atoms with Gasteiger partial charge in [-0.3, -0.25) is 14.4 Å². The normalized spacial score (nSPS) is 17.1. The van der Waals surface area contributed by atoms with Crippen LogP contribution in [0.3, 0.4) is 0 Å². The molecule has 0 fully saturated rings. The van der Waals surface area contributed by atoms with E-state index in [2.05, 4.69) is 32.6 Å². The van der Waals surface area contributed by atoms with Crippen LogP contribution in [0.2, 0.25) is 15.1 Å². The summed E-state index contributed by atoms with van der Waals surface area (Å²) in [6, 6.07) is 10.0. The summed E-state index contributed by atoms with van der Waals surface area (Å²) < 4.78 is 11.0. The third kappa shape index (κ3) is 6.72. The Labute approximate surface area is 240 Å². The summed E-state index contributed by atoms with van der Waals surface area (Å²) in [5.74, 6) is -4.34. The van der Waals surface area contributed by atoms with Crippen LogP contribution in [0.5, 0.6) is 5.75 Å². The predicted octanol–water partition coefficient (Wildman–Crippen LogP) is 5.92. The molecule has 194 valence electrons. The van der Waals surface area contributed by atoms with Gasteiger partial charge in [-0.05, 0) is 42.8 Å². The lowest BCUT2D eigenvalue weighted by molar-refractivity contribution is -0.150. The van der Waals surface area contributed by atoms with Crippen molar-refractivity contribution in [1.82, 2.24) is 5.32 Å². The first kappa shape index (κ1) is 29.1. The molecule has 0 aliphatic carbocycles. The van der Waals surface area contributed by atoms with Gasteiger partial charge in [0.15, 0.2) is 5.75 Å². The third-order valence-electron chi connectivity index (χ3n) is 5.20. The summed E-state index contributed by atoms with van der Waals surface area (Å²) in [5, 5.41) is 16.0. The van der Waals surface area contributed by atoms with Crippen molar-refractivity contribution in [1.29, 1.82) is 5.26 Å². The molecule has 2 amide bonds. The number of halogens is 4. The molecule has 8 nitrogen and oxygen atoms in total. The molecule has 0 bridgehead atoms. The Balaban J connectivity index is 1.97. The van der Waals surface area contributed by atoms with E-state index in [1.165, 1.54) is 12.1 Å². The summed E-state index contributed by atoms with van der Waals surface area (Å²) in [7, 11) is 1.14. The minimum atomic E-state index is -1.38. The number of benzene rings is 2. The number of rotatable bonds is 8. The third-order valence-corrected chi connectivity index (χ3v) is 7.59. The van der Waals surface area contributed by atoms with Gasteiger partial charge in [-0.25, -0.2) is 0 Å². The second-order valence-electron chi connectivity index (χ2n) is 7.53. The molecule has 37 heavy (non-hydrogen) atoms. The lowest BCUT2D eigenvalue weighted by Gasteiger charge is -2.31. The Hall–Kier alpha value is -2.42. The van der Waals surface area contributed by atoms with Crippen LogP contribution < -0.4 is 15.4 Å². The number of ether oxygens (including phenoxy) is 2. The molecule has 2 N–H and O–H groups in total. The molecule has 2 aromatic rings. The second kappa shape index (κ2) is 12.9. The van der Waals surface area contributed by atoms with Gasteiger partial charge in [0, 0.05) is 10.4 Å². The van der Waals surface area contributed by atoms with Gasteiger partial charge in [0.25, 0.3) is 0 Å². The van der Waals surface area contributed by atoms with Crippen molar-refractivity contribution in [3.63, 3.8) is 0 Å². The average molecular weight is 648 g/mol. The van der Waals surface area contributed by atoms with Crippen LogP contribution in [-0.4, -0.2) is 37.3 Å². The molecule has 1 aliphatic rings. The van der Waals surface area contributed by atoms with Gasteiger partial charge in [-0.2, -0.15) is 5.26 Å². The van der Waals surface area contributed by atoms with Crippen LogP contribution in [0.15, 0.2) is 45.4 Å². The zero-order valence-corrected chi connectivity index (χ0v) is 24.0. The maximum absolute atomic E-state index is 13.0.